The van der Waals surface area contributed by atoms with Crippen molar-refractivity contribution >= 4 is 5.91 Å². The van der Waals surface area contributed by atoms with E-state index in [0.29, 0.717) is 12.5 Å². The van der Waals surface area contributed by atoms with Crippen molar-refractivity contribution in [3.8, 4) is 0 Å². The van der Waals surface area contributed by atoms with Gasteiger partial charge in [-0.2, -0.15) is 0 Å². The van der Waals surface area contributed by atoms with E-state index in [4.69, 9.17) is 0 Å². The van der Waals surface area contributed by atoms with Gasteiger partial charge in [0.2, 0.25) is 5.91 Å². The van der Waals surface area contributed by atoms with Gasteiger partial charge in [0.15, 0.2) is 0 Å². The van der Waals surface area contributed by atoms with Crippen LogP contribution in [0, 0.1) is 0 Å². The molecule has 1 N–H and O–H groups in total. The lowest BCUT2D eigenvalue weighted by molar-refractivity contribution is -0.121. The summed E-state index contributed by atoms with van der Waals surface area (Å²) in [6.07, 6.45) is 2.80. The largest absolute Gasteiger partial charge is 0.353 e. The molecule has 3 heteroatoms. The van der Waals surface area contributed by atoms with Crippen LogP contribution in [0.25, 0.3) is 0 Å². The summed E-state index contributed by atoms with van der Waals surface area (Å²) in [6, 6.07) is 0.425. The van der Waals surface area contributed by atoms with Gasteiger partial charge in [-0.15, -0.1) is 0 Å². The summed E-state index contributed by atoms with van der Waals surface area (Å²) in [5.74, 6) is 0.185. The summed E-state index contributed by atoms with van der Waals surface area (Å²) in [7, 11) is 2.12. The van der Waals surface area contributed by atoms with Crippen LogP contribution < -0.4 is 5.32 Å². The molecule has 1 saturated heterocycles. The summed E-state index contributed by atoms with van der Waals surface area (Å²) in [5, 5.41) is 3.02. The van der Waals surface area contributed by atoms with Crippen LogP contribution in [0.2, 0.25) is 0 Å². The lowest BCUT2D eigenvalue weighted by Gasteiger charge is -2.29. The first-order valence-electron chi connectivity index (χ1n) is 4.70. The third-order valence-electron chi connectivity index (χ3n) is 2.40. The minimum absolute atomic E-state index is 0. The molecule has 0 aromatic rings. The minimum Gasteiger partial charge on any atom is -0.353 e. The second-order valence-electron chi connectivity index (χ2n) is 3.50. The third-order valence-corrected chi connectivity index (χ3v) is 2.40. The van der Waals surface area contributed by atoms with E-state index in [2.05, 4.69) is 17.3 Å². The van der Waals surface area contributed by atoms with Gasteiger partial charge in [-0.05, 0) is 33.0 Å². The maximum atomic E-state index is 11.0. The predicted molar refractivity (Wildman–Crippen MR) is 55.7 cm³/mol. The van der Waals surface area contributed by atoms with Gasteiger partial charge in [-0.25, -0.2) is 0 Å². The van der Waals surface area contributed by atoms with Gasteiger partial charge in [0.25, 0.3) is 0 Å². The van der Waals surface area contributed by atoms with E-state index in [0.717, 1.165) is 25.9 Å². The molecular weight excluding hydrogens is 164 g/mol. The van der Waals surface area contributed by atoms with Crippen molar-refractivity contribution < 1.29 is 4.79 Å². The highest BCUT2D eigenvalue weighted by Gasteiger charge is 2.17. The maximum Gasteiger partial charge on any atom is 0.219 e. The molecule has 1 rings (SSSR count). The highest BCUT2D eigenvalue weighted by molar-refractivity contribution is 5.75. The highest BCUT2D eigenvalue weighted by Crippen LogP contribution is 2.07. The molecule has 1 aliphatic heterocycles. The van der Waals surface area contributed by atoms with Crippen molar-refractivity contribution in [2.24, 2.45) is 0 Å². The lowest BCUT2D eigenvalue weighted by atomic mass is 10.1. The number of piperidine rings is 1. The topological polar surface area (TPSA) is 32.3 Å². The Labute approximate surface area is 81.5 Å². The first-order chi connectivity index (χ1) is 5.72. The number of nitrogens with zero attached hydrogens (tertiary/aromatic N) is 1. The van der Waals surface area contributed by atoms with Gasteiger partial charge >= 0.3 is 0 Å². The van der Waals surface area contributed by atoms with Crippen molar-refractivity contribution in [1.29, 1.82) is 0 Å². The number of hydrogen-bond donors (Lipinski definition) is 1. The lowest BCUT2D eigenvalue weighted by Crippen LogP contribution is -2.43. The Balaban J connectivity index is 0.00000144. The molecule has 1 aliphatic rings. The second-order valence-corrected chi connectivity index (χ2v) is 3.50. The van der Waals surface area contributed by atoms with E-state index in [9.17, 15) is 4.79 Å². The van der Waals surface area contributed by atoms with Crippen LogP contribution in [0.1, 0.15) is 33.6 Å². The highest BCUT2D eigenvalue weighted by atomic mass is 16.1. The summed E-state index contributed by atoms with van der Waals surface area (Å²) in [4.78, 5) is 13.3. The van der Waals surface area contributed by atoms with E-state index in [-0.39, 0.29) is 13.3 Å². The minimum atomic E-state index is 0. The van der Waals surface area contributed by atoms with Gasteiger partial charge in [-0.3, -0.25) is 4.79 Å². The molecular formula is C10H22N2O. The zero-order chi connectivity index (χ0) is 8.97. The molecule has 0 radical (unpaired) electrons. The number of nitrogens with one attached hydrogen (secondary N) is 1. The van der Waals surface area contributed by atoms with Crippen LogP contribution >= 0.6 is 0 Å². The molecule has 1 heterocycles. The first kappa shape index (κ1) is 12.4. The Morgan fingerprint density at radius 2 is 2.00 bits per heavy atom. The van der Waals surface area contributed by atoms with Gasteiger partial charge < -0.3 is 10.2 Å². The Hall–Kier alpha value is -0.570. The van der Waals surface area contributed by atoms with E-state index in [1.54, 1.807) is 0 Å². The molecule has 13 heavy (non-hydrogen) atoms. The molecule has 1 fully saturated rings. The monoisotopic (exact) mass is 186 g/mol. The summed E-state index contributed by atoms with van der Waals surface area (Å²) < 4.78 is 0. The number of likely N-dealkylation sites (tertiary alicyclic amines) is 1. The standard InChI is InChI=1S/C9H18N2O.CH4/c1-3-9(12)10-8-4-6-11(2)7-5-8;/h8H,3-7H2,1-2H3,(H,10,12);1H4. The normalized spacial score (nSPS) is 19.2. The molecule has 0 atom stereocenters. The fourth-order valence-corrected chi connectivity index (χ4v) is 1.48. The molecule has 0 aromatic carbocycles. The van der Waals surface area contributed by atoms with E-state index in [1.807, 2.05) is 6.92 Å². The maximum absolute atomic E-state index is 11.0. The van der Waals surface area contributed by atoms with Crippen molar-refractivity contribution in [3.05, 3.63) is 0 Å². The molecule has 0 bridgehead atoms. The Morgan fingerprint density at radius 1 is 1.46 bits per heavy atom. The van der Waals surface area contributed by atoms with Crippen molar-refractivity contribution in [2.45, 2.75) is 39.7 Å². The molecule has 0 unspecified atom stereocenters. The number of carbonyl (C=O) groups is 1. The summed E-state index contributed by atoms with van der Waals surface area (Å²) in [5.41, 5.74) is 0. The Morgan fingerprint density at radius 3 is 2.46 bits per heavy atom. The van der Waals surface area contributed by atoms with E-state index < -0.39 is 0 Å². The van der Waals surface area contributed by atoms with Crippen LogP contribution in [-0.2, 0) is 4.79 Å². The first-order valence-corrected chi connectivity index (χ1v) is 4.70. The summed E-state index contributed by atoms with van der Waals surface area (Å²) >= 11 is 0. The van der Waals surface area contributed by atoms with Crippen LogP contribution in [0.5, 0.6) is 0 Å². The van der Waals surface area contributed by atoms with Gasteiger partial charge in [-0.1, -0.05) is 14.4 Å². The molecule has 0 aromatic heterocycles. The quantitative estimate of drug-likeness (QED) is 0.704. The fourth-order valence-electron chi connectivity index (χ4n) is 1.48. The zero-order valence-corrected chi connectivity index (χ0v) is 7.97. The van der Waals surface area contributed by atoms with E-state index in [1.165, 1.54) is 0 Å². The van der Waals surface area contributed by atoms with Crippen LogP contribution in [0.4, 0.5) is 0 Å². The zero-order valence-electron chi connectivity index (χ0n) is 7.97. The summed E-state index contributed by atoms with van der Waals surface area (Å²) in [6.45, 7) is 4.10. The third kappa shape index (κ3) is 4.27. The van der Waals surface area contributed by atoms with Crippen LogP contribution in [-0.4, -0.2) is 37.0 Å². The Bertz CT molecular complexity index is 151. The molecule has 78 valence electrons. The molecule has 1 amide bonds. The smallest absolute Gasteiger partial charge is 0.219 e. The van der Waals surface area contributed by atoms with Crippen LogP contribution in [0.15, 0.2) is 0 Å². The van der Waals surface area contributed by atoms with Gasteiger partial charge in [0.1, 0.15) is 0 Å². The average Bonchev–Trinajstić information content (AvgIpc) is 2.09. The van der Waals surface area contributed by atoms with Crippen molar-refractivity contribution in [1.82, 2.24) is 10.2 Å². The number of carbonyl (C=O) groups excluding carboxylic acids is 1. The van der Waals surface area contributed by atoms with Gasteiger partial charge in [0, 0.05) is 12.5 Å². The van der Waals surface area contributed by atoms with Crippen molar-refractivity contribution in [2.75, 3.05) is 20.1 Å². The van der Waals surface area contributed by atoms with Gasteiger partial charge in [0.05, 0.1) is 0 Å². The number of hydrogen-bond acceptors (Lipinski definition) is 2. The number of amides is 1. The van der Waals surface area contributed by atoms with E-state index >= 15 is 0 Å². The fraction of sp³-hybridized carbons (Fsp3) is 0.900. The van der Waals surface area contributed by atoms with Crippen molar-refractivity contribution in [3.63, 3.8) is 0 Å². The Kier molecular flexibility index (Phi) is 5.71. The molecule has 0 aliphatic carbocycles. The van der Waals surface area contributed by atoms with Crippen LogP contribution in [0.3, 0.4) is 0 Å². The average molecular weight is 186 g/mol. The molecule has 3 nitrogen and oxygen atoms in total. The SMILES string of the molecule is C.CCC(=O)NC1CCN(C)CC1. The predicted octanol–water partition coefficient (Wildman–Crippen LogP) is 1.24. The second kappa shape index (κ2) is 5.97. The molecule has 0 saturated carbocycles. The number of rotatable bonds is 2. The molecule has 0 spiro atoms.